The third-order valence-electron chi connectivity index (χ3n) is 3.18. The highest BCUT2D eigenvalue weighted by Gasteiger charge is 2.36. The molecule has 5 heteroatoms. The molecule has 3 rings (SSSR count). The second kappa shape index (κ2) is 3.47. The van der Waals surface area contributed by atoms with Crippen LogP contribution in [0.2, 0.25) is 0 Å². The van der Waals surface area contributed by atoms with Gasteiger partial charge >= 0.3 is 0 Å². The molecule has 0 aromatic heterocycles. The smallest absolute Gasteiger partial charge is 0.269 e. The van der Waals surface area contributed by atoms with E-state index in [0.29, 0.717) is 12.1 Å². The predicted molar refractivity (Wildman–Crippen MR) is 58.2 cm³/mol. The van der Waals surface area contributed by atoms with Gasteiger partial charge in [0.25, 0.3) is 5.69 Å². The van der Waals surface area contributed by atoms with Crippen molar-refractivity contribution in [1.29, 1.82) is 0 Å². The summed E-state index contributed by atoms with van der Waals surface area (Å²) in [5, 5.41) is 14.0. The molecule has 1 aromatic carbocycles. The second-order valence-electron chi connectivity index (χ2n) is 3.92. The first-order valence-corrected chi connectivity index (χ1v) is 4.80. The Morgan fingerprint density at radius 2 is 1.93 bits per heavy atom. The van der Waals surface area contributed by atoms with Gasteiger partial charge in [-0.1, -0.05) is 6.07 Å². The molecule has 0 amide bonds. The largest absolute Gasteiger partial charge is 0.303 e. The highest BCUT2D eigenvalue weighted by Crippen LogP contribution is 2.45. The highest BCUT2D eigenvalue weighted by atomic mass is 35.5. The van der Waals surface area contributed by atoms with Crippen LogP contribution in [0.1, 0.15) is 36.1 Å². The van der Waals surface area contributed by atoms with Crippen LogP contribution in [0.25, 0.3) is 0 Å². The highest BCUT2D eigenvalue weighted by molar-refractivity contribution is 5.85. The van der Waals surface area contributed by atoms with Crippen LogP contribution in [-0.4, -0.2) is 4.92 Å². The molecule has 1 N–H and O–H groups in total. The van der Waals surface area contributed by atoms with E-state index in [0.717, 1.165) is 18.4 Å². The number of hydrogen-bond acceptors (Lipinski definition) is 3. The molecule has 2 atom stereocenters. The van der Waals surface area contributed by atoms with Gasteiger partial charge in [-0.25, -0.2) is 0 Å². The summed E-state index contributed by atoms with van der Waals surface area (Å²) in [6.07, 6.45) is 2.27. The number of rotatable bonds is 1. The van der Waals surface area contributed by atoms with Crippen molar-refractivity contribution >= 4 is 18.1 Å². The Balaban J connectivity index is 0.000000853. The van der Waals surface area contributed by atoms with Gasteiger partial charge in [0.15, 0.2) is 0 Å². The van der Waals surface area contributed by atoms with Crippen LogP contribution in [0.15, 0.2) is 18.2 Å². The van der Waals surface area contributed by atoms with Crippen LogP contribution < -0.4 is 5.32 Å². The molecular formula is C10H11ClN2O2. The molecule has 80 valence electrons. The van der Waals surface area contributed by atoms with E-state index >= 15 is 0 Å². The molecule has 15 heavy (non-hydrogen) atoms. The number of nitrogens with zero attached hydrogens (tertiary/aromatic N) is 1. The molecule has 0 saturated carbocycles. The first kappa shape index (κ1) is 10.4. The fraction of sp³-hybridized carbons (Fsp3) is 0.400. The van der Waals surface area contributed by atoms with Gasteiger partial charge < -0.3 is 5.32 Å². The van der Waals surface area contributed by atoms with E-state index in [9.17, 15) is 10.1 Å². The Bertz CT molecular complexity index is 422. The van der Waals surface area contributed by atoms with Crippen molar-refractivity contribution in [2.24, 2.45) is 0 Å². The van der Waals surface area contributed by atoms with E-state index in [-0.39, 0.29) is 23.0 Å². The SMILES string of the molecule is Cl.O=[N+]([O-])c1ccc2c(c1)[C@H]1CC[C@@H]2N1. The van der Waals surface area contributed by atoms with E-state index in [4.69, 9.17) is 0 Å². The Morgan fingerprint density at radius 1 is 1.27 bits per heavy atom. The molecular weight excluding hydrogens is 216 g/mol. The minimum atomic E-state index is -0.327. The first-order chi connectivity index (χ1) is 6.75. The Hall–Kier alpha value is -1.13. The lowest BCUT2D eigenvalue weighted by Gasteiger charge is -2.11. The van der Waals surface area contributed by atoms with Gasteiger partial charge in [-0.05, 0) is 24.0 Å². The quantitative estimate of drug-likeness (QED) is 0.591. The van der Waals surface area contributed by atoms with Gasteiger partial charge in [0.2, 0.25) is 0 Å². The van der Waals surface area contributed by atoms with E-state index in [1.54, 1.807) is 12.1 Å². The maximum atomic E-state index is 10.6. The average molecular weight is 227 g/mol. The van der Waals surface area contributed by atoms with Crippen molar-refractivity contribution in [3.8, 4) is 0 Å². The maximum Gasteiger partial charge on any atom is 0.269 e. The zero-order valence-corrected chi connectivity index (χ0v) is 8.79. The number of nitro groups is 1. The molecule has 0 unspecified atom stereocenters. The molecule has 1 fully saturated rings. The van der Waals surface area contributed by atoms with Gasteiger partial charge in [-0.3, -0.25) is 10.1 Å². The van der Waals surface area contributed by atoms with Gasteiger partial charge in [-0.15, -0.1) is 12.4 Å². The molecule has 1 aromatic rings. The number of halogens is 1. The summed E-state index contributed by atoms with van der Waals surface area (Å²) in [6, 6.07) is 6.00. The third-order valence-corrected chi connectivity index (χ3v) is 3.18. The number of nitro benzene ring substituents is 1. The third kappa shape index (κ3) is 1.41. The Labute approximate surface area is 93.2 Å². The van der Waals surface area contributed by atoms with Crippen molar-refractivity contribution in [1.82, 2.24) is 5.32 Å². The topological polar surface area (TPSA) is 55.2 Å². The molecule has 0 radical (unpaired) electrons. The van der Waals surface area contributed by atoms with Crippen LogP contribution >= 0.6 is 12.4 Å². The lowest BCUT2D eigenvalue weighted by atomic mass is 9.91. The van der Waals surface area contributed by atoms with E-state index in [2.05, 4.69) is 5.32 Å². The lowest BCUT2D eigenvalue weighted by Crippen LogP contribution is -2.05. The van der Waals surface area contributed by atoms with Crippen LogP contribution in [0.5, 0.6) is 0 Å². The lowest BCUT2D eigenvalue weighted by molar-refractivity contribution is -0.384. The molecule has 1 saturated heterocycles. The molecule has 2 aliphatic rings. The summed E-state index contributed by atoms with van der Waals surface area (Å²) < 4.78 is 0. The van der Waals surface area contributed by atoms with Crippen molar-refractivity contribution in [3.05, 3.63) is 39.4 Å². The van der Waals surface area contributed by atoms with Crippen LogP contribution in [-0.2, 0) is 0 Å². The summed E-state index contributed by atoms with van der Waals surface area (Å²) in [5.41, 5.74) is 2.60. The summed E-state index contributed by atoms with van der Waals surface area (Å²) in [5.74, 6) is 0. The monoisotopic (exact) mass is 226 g/mol. The normalized spacial score (nSPS) is 25.9. The van der Waals surface area contributed by atoms with Crippen molar-refractivity contribution in [3.63, 3.8) is 0 Å². The second-order valence-corrected chi connectivity index (χ2v) is 3.92. The van der Waals surface area contributed by atoms with Crippen LogP contribution in [0.4, 0.5) is 5.69 Å². The number of nitrogens with one attached hydrogen (secondary N) is 1. The predicted octanol–water partition coefficient (Wildman–Crippen LogP) is 2.50. The van der Waals surface area contributed by atoms with Gasteiger partial charge in [0.05, 0.1) is 4.92 Å². The first-order valence-electron chi connectivity index (χ1n) is 4.80. The molecule has 2 bridgehead atoms. The molecule has 2 heterocycles. The van der Waals surface area contributed by atoms with Crippen LogP contribution in [0, 0.1) is 10.1 Å². The fourth-order valence-electron chi connectivity index (χ4n) is 2.53. The zero-order valence-electron chi connectivity index (χ0n) is 7.97. The standard InChI is InChI=1S/C10H10N2O2.ClH/c13-12(14)6-1-2-7-8(5-6)10-4-3-9(7)11-10;/h1-2,5,9-11H,3-4H2;1H/t9-,10+;/m0./s1. The molecule has 4 nitrogen and oxygen atoms in total. The van der Waals surface area contributed by atoms with E-state index in [1.807, 2.05) is 6.07 Å². The zero-order chi connectivity index (χ0) is 9.71. The summed E-state index contributed by atoms with van der Waals surface area (Å²) in [6.45, 7) is 0. The van der Waals surface area contributed by atoms with Gasteiger partial charge in [-0.2, -0.15) is 0 Å². The van der Waals surface area contributed by atoms with E-state index < -0.39 is 0 Å². The summed E-state index contributed by atoms with van der Waals surface area (Å²) in [7, 11) is 0. The van der Waals surface area contributed by atoms with Crippen molar-refractivity contribution < 1.29 is 4.92 Å². The number of fused-ring (bicyclic) bond motifs is 5. The molecule has 0 spiro atoms. The van der Waals surface area contributed by atoms with E-state index in [1.165, 1.54) is 5.56 Å². The summed E-state index contributed by atoms with van der Waals surface area (Å²) >= 11 is 0. The van der Waals surface area contributed by atoms with Gasteiger partial charge in [0, 0.05) is 24.2 Å². The van der Waals surface area contributed by atoms with Gasteiger partial charge in [0.1, 0.15) is 0 Å². The Kier molecular flexibility index (Phi) is 2.40. The Morgan fingerprint density at radius 3 is 2.60 bits per heavy atom. The van der Waals surface area contributed by atoms with Crippen molar-refractivity contribution in [2.75, 3.05) is 0 Å². The average Bonchev–Trinajstić information content (AvgIpc) is 2.77. The minimum Gasteiger partial charge on any atom is -0.303 e. The number of hydrogen-bond donors (Lipinski definition) is 1. The van der Waals surface area contributed by atoms with Crippen LogP contribution in [0.3, 0.4) is 0 Å². The molecule has 2 aliphatic heterocycles. The molecule has 0 aliphatic carbocycles. The minimum absolute atomic E-state index is 0. The maximum absolute atomic E-state index is 10.6. The number of benzene rings is 1. The fourth-order valence-corrected chi connectivity index (χ4v) is 2.53. The summed E-state index contributed by atoms with van der Waals surface area (Å²) in [4.78, 5) is 10.3. The number of non-ortho nitro benzene ring substituents is 1. The van der Waals surface area contributed by atoms with Crippen molar-refractivity contribution in [2.45, 2.75) is 24.9 Å².